The predicted molar refractivity (Wildman–Crippen MR) is 203 cm³/mol. The van der Waals surface area contributed by atoms with Gasteiger partial charge < -0.3 is 0 Å². The summed E-state index contributed by atoms with van der Waals surface area (Å²) in [6.45, 7) is 20.5. The van der Waals surface area contributed by atoms with E-state index in [4.69, 9.17) is 0 Å². The van der Waals surface area contributed by atoms with Crippen molar-refractivity contribution in [3.05, 3.63) is 142 Å². The minimum atomic E-state index is -0.0144. The molecule has 48 heavy (non-hydrogen) atoms. The van der Waals surface area contributed by atoms with Crippen LogP contribution < -0.4 is 9.13 Å². The molecular formula is C45H44N2S+2. The lowest BCUT2D eigenvalue weighted by Gasteiger charge is -2.22. The lowest BCUT2D eigenvalue weighted by Crippen LogP contribution is -2.57. The van der Waals surface area contributed by atoms with Gasteiger partial charge in [0.15, 0.2) is 12.4 Å². The third-order valence-corrected chi connectivity index (χ3v) is 11.6. The Morgan fingerprint density at radius 1 is 0.604 bits per heavy atom. The smallest absolute Gasteiger partial charge is 0.134 e. The minimum absolute atomic E-state index is 0.00823. The Balaban J connectivity index is 1.43. The van der Waals surface area contributed by atoms with Crippen molar-refractivity contribution >= 4 is 31.5 Å². The van der Waals surface area contributed by atoms with E-state index in [0.29, 0.717) is 0 Å². The Bertz CT molecular complexity index is 2430. The van der Waals surface area contributed by atoms with Crippen LogP contribution in [0.1, 0.15) is 71.4 Å². The zero-order valence-corrected chi connectivity index (χ0v) is 30.4. The second-order valence-electron chi connectivity index (χ2n) is 15.1. The van der Waals surface area contributed by atoms with Gasteiger partial charge in [0.2, 0.25) is 11.4 Å². The third-order valence-electron chi connectivity index (χ3n) is 10.4. The van der Waals surface area contributed by atoms with Gasteiger partial charge in [-0.25, -0.2) is 0 Å². The molecule has 1 aliphatic rings. The summed E-state index contributed by atoms with van der Waals surface area (Å²) in [4.78, 5) is 0. The van der Waals surface area contributed by atoms with E-state index < -0.39 is 0 Å². The van der Waals surface area contributed by atoms with Gasteiger partial charge in [-0.05, 0) is 104 Å². The van der Waals surface area contributed by atoms with E-state index in [1.54, 1.807) is 0 Å². The van der Waals surface area contributed by atoms with E-state index in [1.165, 1.54) is 98.3 Å². The maximum absolute atomic E-state index is 2.57. The van der Waals surface area contributed by atoms with Crippen LogP contribution in [-0.2, 0) is 5.41 Å². The van der Waals surface area contributed by atoms with E-state index in [9.17, 15) is 0 Å². The maximum atomic E-state index is 2.57. The van der Waals surface area contributed by atoms with E-state index in [2.05, 4.69) is 169 Å². The van der Waals surface area contributed by atoms with Crippen molar-refractivity contribution in [2.24, 2.45) is 0 Å². The number of thiophene rings is 1. The van der Waals surface area contributed by atoms with Crippen LogP contribution in [-0.4, -0.2) is 0 Å². The van der Waals surface area contributed by atoms with Crippen molar-refractivity contribution in [2.45, 2.75) is 73.9 Å². The maximum Gasteiger partial charge on any atom is 0.381 e. The fourth-order valence-corrected chi connectivity index (χ4v) is 9.78. The van der Waals surface area contributed by atoms with Gasteiger partial charge >= 0.3 is 6.17 Å². The molecule has 0 amide bonds. The van der Waals surface area contributed by atoms with Crippen LogP contribution in [0.15, 0.2) is 97.3 Å². The summed E-state index contributed by atoms with van der Waals surface area (Å²) in [6.07, 6.45) is 4.74. The molecule has 0 radical (unpaired) electrons. The van der Waals surface area contributed by atoms with Gasteiger partial charge in [-0.3, -0.25) is 0 Å². The standard InChI is InChI=1S/C45H44N2S/c1-26-14-16-34-35-17-15-28(3)42(43(35)48-40(34)22-26)39-24-37(45(7,8)9)31(6)25-47(39)44-36-13-11-10-12-33(36)38-23-32(18-19-46(38)44)41-29(4)20-27(2)21-30(41)5/h10-25,44H,1-9H3/q+2/t44-/m0/s1. The molecule has 1 aliphatic heterocycles. The van der Waals surface area contributed by atoms with Crippen LogP contribution in [0, 0.1) is 41.5 Å². The van der Waals surface area contributed by atoms with Gasteiger partial charge in [-0.15, -0.1) is 20.5 Å². The number of aromatic nitrogens is 2. The molecule has 0 bridgehead atoms. The van der Waals surface area contributed by atoms with Crippen molar-refractivity contribution in [2.75, 3.05) is 0 Å². The fraction of sp³-hybridized carbons (Fsp3) is 0.244. The summed E-state index contributed by atoms with van der Waals surface area (Å²) in [5.41, 5.74) is 18.4. The zero-order chi connectivity index (χ0) is 33.6. The van der Waals surface area contributed by atoms with Gasteiger partial charge in [0, 0.05) is 43.9 Å². The SMILES string of the molecule is Cc1cc(C)c(-c2cc[n+]3c(c2)-c2ccccc2[C@@H]3[n+]2cc(C)c(C(C)(C)C)cc2-c2c(C)ccc3c2sc2cc(C)ccc23)c(C)c1. The molecule has 0 N–H and O–H groups in total. The first-order chi connectivity index (χ1) is 22.9. The highest BCUT2D eigenvalue weighted by Crippen LogP contribution is 2.43. The molecule has 8 rings (SSSR count). The Morgan fingerprint density at radius 3 is 2.08 bits per heavy atom. The highest BCUT2D eigenvalue weighted by Gasteiger charge is 2.45. The average molecular weight is 645 g/mol. The molecule has 4 aromatic carbocycles. The summed E-state index contributed by atoms with van der Waals surface area (Å²) >= 11 is 1.93. The molecule has 3 heteroatoms. The molecule has 0 fully saturated rings. The van der Waals surface area contributed by atoms with Crippen LogP contribution in [0.4, 0.5) is 0 Å². The van der Waals surface area contributed by atoms with Crippen molar-refractivity contribution < 1.29 is 9.13 Å². The minimum Gasteiger partial charge on any atom is -0.134 e. The number of pyridine rings is 2. The molecule has 4 heterocycles. The zero-order valence-electron chi connectivity index (χ0n) is 29.6. The highest BCUT2D eigenvalue weighted by atomic mass is 32.1. The number of aryl methyl sites for hydroxylation is 6. The van der Waals surface area contributed by atoms with E-state index in [1.807, 2.05) is 11.3 Å². The molecule has 238 valence electrons. The first kappa shape index (κ1) is 30.7. The number of fused-ring (bicyclic) bond motifs is 6. The van der Waals surface area contributed by atoms with Gasteiger partial charge in [-0.2, -0.15) is 0 Å². The van der Waals surface area contributed by atoms with Crippen molar-refractivity contribution in [3.63, 3.8) is 0 Å². The first-order valence-electron chi connectivity index (χ1n) is 17.1. The second kappa shape index (κ2) is 11.0. The third kappa shape index (κ3) is 4.74. The number of hydrogen-bond donors (Lipinski definition) is 0. The van der Waals surface area contributed by atoms with Crippen LogP contribution >= 0.6 is 11.3 Å². The monoisotopic (exact) mass is 644 g/mol. The van der Waals surface area contributed by atoms with E-state index in [-0.39, 0.29) is 11.6 Å². The Morgan fingerprint density at radius 2 is 1.33 bits per heavy atom. The number of benzene rings is 4. The predicted octanol–water partition coefficient (Wildman–Crippen LogP) is 11.2. The van der Waals surface area contributed by atoms with Crippen molar-refractivity contribution in [1.29, 1.82) is 0 Å². The van der Waals surface area contributed by atoms with E-state index in [0.717, 1.165) is 0 Å². The summed E-state index contributed by atoms with van der Waals surface area (Å²) in [6, 6.07) is 32.4. The second-order valence-corrected chi connectivity index (χ2v) is 16.1. The Kier molecular flexibility index (Phi) is 7.02. The Hall–Kier alpha value is -4.60. The van der Waals surface area contributed by atoms with E-state index >= 15 is 0 Å². The molecule has 1 atom stereocenters. The van der Waals surface area contributed by atoms with Crippen molar-refractivity contribution in [1.82, 2.24) is 0 Å². The number of rotatable bonds is 3. The van der Waals surface area contributed by atoms with Gasteiger partial charge in [-0.1, -0.05) is 74.9 Å². The largest absolute Gasteiger partial charge is 0.381 e. The van der Waals surface area contributed by atoms with Crippen molar-refractivity contribution in [3.8, 4) is 33.6 Å². The van der Waals surface area contributed by atoms with Crippen LogP contribution in [0.2, 0.25) is 0 Å². The van der Waals surface area contributed by atoms with Crippen LogP contribution in [0.3, 0.4) is 0 Å². The molecule has 2 nitrogen and oxygen atoms in total. The first-order valence-corrected chi connectivity index (χ1v) is 17.9. The lowest BCUT2D eigenvalue weighted by atomic mass is 9.83. The topological polar surface area (TPSA) is 7.76 Å². The van der Waals surface area contributed by atoms with Crippen LogP contribution in [0.25, 0.3) is 53.8 Å². The summed E-state index contributed by atoms with van der Waals surface area (Å²) < 4.78 is 7.78. The molecular weight excluding hydrogens is 601 g/mol. The molecule has 0 spiro atoms. The normalized spacial score (nSPS) is 14.1. The van der Waals surface area contributed by atoms with Gasteiger partial charge in [0.1, 0.15) is 5.56 Å². The Labute approximate surface area is 289 Å². The number of hydrogen-bond acceptors (Lipinski definition) is 1. The quantitative estimate of drug-likeness (QED) is 0.169. The summed E-state index contributed by atoms with van der Waals surface area (Å²) in [5, 5.41) is 2.69. The molecule has 0 saturated carbocycles. The van der Waals surface area contributed by atoms with Gasteiger partial charge in [0.25, 0.3) is 0 Å². The average Bonchev–Trinajstić information content (AvgIpc) is 3.55. The molecule has 0 unspecified atom stereocenters. The molecule has 7 aromatic rings. The fourth-order valence-electron chi connectivity index (χ4n) is 8.37. The highest BCUT2D eigenvalue weighted by molar-refractivity contribution is 7.26. The summed E-state index contributed by atoms with van der Waals surface area (Å²) in [5.74, 6) is 0. The molecule has 0 aliphatic carbocycles. The molecule has 3 aromatic heterocycles. The number of nitrogens with zero attached hydrogens (tertiary/aromatic N) is 2. The van der Waals surface area contributed by atoms with Crippen LogP contribution in [0.5, 0.6) is 0 Å². The summed E-state index contributed by atoms with van der Waals surface area (Å²) in [7, 11) is 0. The van der Waals surface area contributed by atoms with Gasteiger partial charge in [0.05, 0.1) is 11.1 Å². The lowest BCUT2D eigenvalue weighted by molar-refractivity contribution is -0.921. The molecule has 0 saturated heterocycles.